The van der Waals surface area contributed by atoms with Gasteiger partial charge < -0.3 is 15.3 Å². The summed E-state index contributed by atoms with van der Waals surface area (Å²) in [6.45, 7) is 2.04. The zero-order valence-corrected chi connectivity index (χ0v) is 6.17. The van der Waals surface area contributed by atoms with Gasteiger partial charge in [-0.2, -0.15) is 0 Å². The van der Waals surface area contributed by atoms with Gasteiger partial charge in [-0.15, -0.1) is 0 Å². The number of aliphatic hydroxyl groups excluding tert-OH is 2. The first-order valence-electron chi connectivity index (χ1n) is 3.48. The summed E-state index contributed by atoms with van der Waals surface area (Å²) in [5.41, 5.74) is 0. The van der Waals surface area contributed by atoms with Crippen LogP contribution in [-0.2, 0) is 0 Å². The van der Waals surface area contributed by atoms with Gasteiger partial charge in [-0.05, 0) is 6.42 Å². The van der Waals surface area contributed by atoms with Crippen LogP contribution >= 0.6 is 0 Å². The molecule has 3 N–H and O–H groups in total. The fourth-order valence-corrected chi connectivity index (χ4v) is 0.654. The molecule has 0 radical (unpaired) electrons. The fourth-order valence-electron chi connectivity index (χ4n) is 0.654. The van der Waals surface area contributed by atoms with Crippen molar-refractivity contribution in [2.75, 3.05) is 0 Å². The molecule has 0 spiro atoms. The predicted octanol–water partition coefficient (Wildman–Crippen LogP) is 2.41. The van der Waals surface area contributed by atoms with E-state index in [1.165, 1.54) is 0 Å². The molecule has 0 atom stereocenters. The van der Waals surface area contributed by atoms with Crippen molar-refractivity contribution in [2.45, 2.75) is 32.6 Å². The van der Waals surface area contributed by atoms with E-state index in [9.17, 15) is 0 Å². The molecule has 0 saturated heterocycles. The van der Waals surface area contributed by atoms with Crippen molar-refractivity contribution in [1.82, 2.24) is 0 Å². The molecule has 10 heavy (non-hydrogen) atoms. The molecule has 0 aromatic heterocycles. The highest BCUT2D eigenvalue weighted by atomic mass is 16.5. The van der Waals surface area contributed by atoms with Crippen LogP contribution in [0.5, 0.6) is 0 Å². The third-order valence-corrected chi connectivity index (χ3v) is 1.28. The Hall–Kier alpha value is -0.860. The largest absolute Gasteiger partial charge is 0.506 e. The van der Waals surface area contributed by atoms with Crippen LogP contribution in [0.1, 0.15) is 32.6 Å². The second kappa shape index (κ2) is 4.97. The topological polar surface area (TPSA) is 60.7 Å². The van der Waals surface area contributed by atoms with Gasteiger partial charge in [0.2, 0.25) is 0 Å². The number of hydrogen-bond donors (Lipinski definition) is 3. The van der Waals surface area contributed by atoms with Gasteiger partial charge >= 0.3 is 5.95 Å². The van der Waals surface area contributed by atoms with Crippen molar-refractivity contribution >= 4 is 0 Å². The monoisotopic (exact) mass is 146 g/mol. The number of aliphatic hydroxyl groups is 3. The van der Waals surface area contributed by atoms with Crippen molar-refractivity contribution in [3.05, 3.63) is 11.7 Å². The van der Waals surface area contributed by atoms with Crippen LogP contribution in [0.15, 0.2) is 11.7 Å². The normalized spacial score (nSPS) is 9.30. The Morgan fingerprint density at radius 3 is 2.10 bits per heavy atom. The Balaban J connectivity index is 3.40. The first-order chi connectivity index (χ1) is 4.68. The lowest BCUT2D eigenvalue weighted by molar-refractivity contribution is 0.153. The van der Waals surface area contributed by atoms with Crippen molar-refractivity contribution in [2.24, 2.45) is 0 Å². The minimum absolute atomic E-state index is 0.312. The maximum atomic E-state index is 8.73. The van der Waals surface area contributed by atoms with Crippen molar-refractivity contribution < 1.29 is 15.3 Å². The van der Waals surface area contributed by atoms with Gasteiger partial charge in [0.25, 0.3) is 0 Å². The summed E-state index contributed by atoms with van der Waals surface area (Å²) in [4.78, 5) is 0. The van der Waals surface area contributed by atoms with Gasteiger partial charge in [0.05, 0.1) is 0 Å². The Bertz CT molecular complexity index is 114. The minimum Gasteiger partial charge on any atom is -0.506 e. The Morgan fingerprint density at radius 2 is 1.70 bits per heavy atom. The van der Waals surface area contributed by atoms with Crippen molar-refractivity contribution in [3.8, 4) is 0 Å². The first-order valence-corrected chi connectivity index (χ1v) is 3.48. The van der Waals surface area contributed by atoms with E-state index in [1.54, 1.807) is 0 Å². The van der Waals surface area contributed by atoms with Crippen LogP contribution in [0.2, 0.25) is 0 Å². The standard InChI is InChI=1S/C7H14O3/c1-2-3-4-5-6(8)7(9)10/h8-10H,2-5H2,1H3. The van der Waals surface area contributed by atoms with Crippen LogP contribution in [0, 0.1) is 0 Å². The highest BCUT2D eigenvalue weighted by molar-refractivity contribution is 4.88. The first kappa shape index (κ1) is 9.14. The molecule has 60 valence electrons. The van der Waals surface area contributed by atoms with Gasteiger partial charge in [0, 0.05) is 6.42 Å². The van der Waals surface area contributed by atoms with Crippen molar-refractivity contribution in [1.29, 1.82) is 0 Å². The van der Waals surface area contributed by atoms with E-state index in [0.29, 0.717) is 6.42 Å². The molecule has 0 amide bonds. The molecule has 0 aliphatic rings. The number of rotatable bonds is 4. The molecule has 0 bridgehead atoms. The van der Waals surface area contributed by atoms with E-state index in [4.69, 9.17) is 15.3 Å². The number of unbranched alkanes of at least 4 members (excludes halogenated alkanes) is 2. The average molecular weight is 146 g/mol. The smallest absolute Gasteiger partial charge is 0.313 e. The van der Waals surface area contributed by atoms with Gasteiger partial charge in [-0.25, -0.2) is 0 Å². The lowest BCUT2D eigenvalue weighted by atomic mass is 10.2. The van der Waals surface area contributed by atoms with E-state index in [2.05, 4.69) is 0 Å². The van der Waals surface area contributed by atoms with Crippen molar-refractivity contribution in [3.63, 3.8) is 0 Å². The maximum absolute atomic E-state index is 8.73. The molecule has 0 saturated carbocycles. The Morgan fingerprint density at radius 1 is 1.10 bits per heavy atom. The summed E-state index contributed by atoms with van der Waals surface area (Å²) in [5, 5.41) is 25.3. The highest BCUT2D eigenvalue weighted by Crippen LogP contribution is 2.07. The van der Waals surface area contributed by atoms with E-state index in [0.717, 1.165) is 19.3 Å². The Labute approximate surface area is 60.6 Å². The highest BCUT2D eigenvalue weighted by Gasteiger charge is 1.99. The third kappa shape index (κ3) is 4.06. The second-order valence-corrected chi connectivity index (χ2v) is 2.23. The van der Waals surface area contributed by atoms with Crippen LogP contribution < -0.4 is 0 Å². The summed E-state index contributed by atoms with van der Waals surface area (Å²) in [6.07, 6.45) is 3.21. The molecule has 3 nitrogen and oxygen atoms in total. The van der Waals surface area contributed by atoms with E-state index < -0.39 is 5.95 Å². The second-order valence-electron chi connectivity index (χ2n) is 2.23. The molecule has 0 fully saturated rings. The lowest BCUT2D eigenvalue weighted by Crippen LogP contribution is -1.89. The quantitative estimate of drug-likeness (QED) is 0.421. The van der Waals surface area contributed by atoms with E-state index >= 15 is 0 Å². The molecule has 0 aromatic carbocycles. The summed E-state index contributed by atoms with van der Waals surface area (Å²) in [6, 6.07) is 0. The molecule has 0 unspecified atom stereocenters. The number of hydrogen-bond acceptors (Lipinski definition) is 3. The van der Waals surface area contributed by atoms with Crippen LogP contribution in [0.25, 0.3) is 0 Å². The molecular weight excluding hydrogens is 132 g/mol. The number of allylic oxidation sites excluding steroid dienone is 1. The summed E-state index contributed by atoms with van der Waals surface area (Å²) in [7, 11) is 0. The summed E-state index contributed by atoms with van der Waals surface area (Å²) < 4.78 is 0. The Kier molecular flexibility index (Phi) is 4.54. The fraction of sp³-hybridized carbons (Fsp3) is 0.714. The molecule has 0 heterocycles. The van der Waals surface area contributed by atoms with Gasteiger partial charge in [-0.1, -0.05) is 19.8 Å². The molecule has 0 aliphatic carbocycles. The van der Waals surface area contributed by atoms with Gasteiger partial charge in [-0.3, -0.25) is 0 Å². The maximum Gasteiger partial charge on any atom is 0.313 e. The zero-order chi connectivity index (χ0) is 7.98. The summed E-state index contributed by atoms with van der Waals surface area (Å²) >= 11 is 0. The van der Waals surface area contributed by atoms with Crippen LogP contribution in [0.4, 0.5) is 0 Å². The third-order valence-electron chi connectivity index (χ3n) is 1.28. The SMILES string of the molecule is CCCCCC(O)=C(O)O. The summed E-state index contributed by atoms with van der Waals surface area (Å²) in [5.74, 6) is -1.26. The van der Waals surface area contributed by atoms with E-state index in [-0.39, 0.29) is 5.76 Å². The molecular formula is C7H14O3. The molecule has 0 aliphatic heterocycles. The average Bonchev–Trinajstić information content (AvgIpc) is 1.88. The lowest BCUT2D eigenvalue weighted by Gasteiger charge is -1.97. The predicted molar refractivity (Wildman–Crippen MR) is 39.1 cm³/mol. The van der Waals surface area contributed by atoms with Crippen LogP contribution in [0.3, 0.4) is 0 Å². The minimum atomic E-state index is -0.948. The molecule has 0 aromatic rings. The van der Waals surface area contributed by atoms with E-state index in [1.807, 2.05) is 6.92 Å². The molecule has 0 rings (SSSR count). The molecule has 3 heteroatoms. The zero-order valence-electron chi connectivity index (χ0n) is 6.17. The van der Waals surface area contributed by atoms with Gasteiger partial charge in [0.1, 0.15) is 0 Å². The van der Waals surface area contributed by atoms with Crippen LogP contribution in [-0.4, -0.2) is 15.3 Å². The van der Waals surface area contributed by atoms with Gasteiger partial charge in [0.15, 0.2) is 5.76 Å².